The van der Waals surface area contributed by atoms with Crippen LogP contribution in [0.5, 0.6) is 23.0 Å². The van der Waals surface area contributed by atoms with Crippen molar-refractivity contribution in [2.45, 2.75) is 32.0 Å². The summed E-state index contributed by atoms with van der Waals surface area (Å²) in [5, 5.41) is 0. The van der Waals surface area contributed by atoms with Crippen LogP contribution in [0.3, 0.4) is 0 Å². The third-order valence-corrected chi connectivity index (χ3v) is 4.99. The van der Waals surface area contributed by atoms with Crippen molar-refractivity contribution in [3.63, 3.8) is 0 Å². The molecule has 2 aromatic rings. The van der Waals surface area contributed by atoms with E-state index in [4.69, 9.17) is 29.4 Å². The maximum Gasteiger partial charge on any atom is 0.405 e. The standard InChI is InChI=1S/C23H26FNO6/c1-23(2)11-10-15-16(31-23)9-7-14(20(15)28-4)18(30-22(25)26)12-13-6-8-17(27-3)21(29-5)19(13)24/h6-11,18H,12H2,1-5H3,(H2,25,26). The molecule has 1 aliphatic rings. The number of hydrogen-bond donors (Lipinski definition) is 1. The van der Waals surface area contributed by atoms with Gasteiger partial charge in [0.25, 0.3) is 0 Å². The maximum absolute atomic E-state index is 15.0. The van der Waals surface area contributed by atoms with E-state index in [1.165, 1.54) is 21.3 Å². The lowest BCUT2D eigenvalue weighted by Gasteiger charge is -2.30. The predicted octanol–water partition coefficient (Wildman–Crippen LogP) is 4.41. The van der Waals surface area contributed by atoms with E-state index in [1.54, 1.807) is 24.3 Å². The first-order valence-electron chi connectivity index (χ1n) is 9.65. The molecule has 1 atom stereocenters. The summed E-state index contributed by atoms with van der Waals surface area (Å²) in [6, 6.07) is 6.62. The quantitative estimate of drug-likeness (QED) is 0.698. The molecule has 3 rings (SSSR count). The molecule has 8 heteroatoms. The predicted molar refractivity (Wildman–Crippen MR) is 113 cm³/mol. The second kappa shape index (κ2) is 8.75. The third kappa shape index (κ3) is 4.52. The number of fused-ring (bicyclic) bond motifs is 1. The first kappa shape index (κ1) is 22.3. The van der Waals surface area contributed by atoms with Crippen LogP contribution < -0.4 is 24.7 Å². The van der Waals surface area contributed by atoms with Crippen molar-refractivity contribution in [1.29, 1.82) is 0 Å². The van der Waals surface area contributed by atoms with Crippen molar-refractivity contribution >= 4 is 12.2 Å². The molecule has 0 saturated carbocycles. The molecule has 0 saturated heterocycles. The summed E-state index contributed by atoms with van der Waals surface area (Å²) in [5.41, 5.74) is 6.33. The zero-order valence-electron chi connectivity index (χ0n) is 18.2. The number of nitrogens with two attached hydrogens (primary N) is 1. The molecule has 1 heterocycles. The number of hydrogen-bond acceptors (Lipinski definition) is 6. The van der Waals surface area contributed by atoms with Gasteiger partial charge in [-0.3, -0.25) is 0 Å². The van der Waals surface area contributed by atoms with E-state index in [1.807, 2.05) is 26.0 Å². The Morgan fingerprint density at radius 2 is 1.81 bits per heavy atom. The molecule has 1 unspecified atom stereocenters. The zero-order valence-corrected chi connectivity index (χ0v) is 18.2. The topological polar surface area (TPSA) is 89.2 Å². The zero-order chi connectivity index (χ0) is 22.8. The van der Waals surface area contributed by atoms with E-state index in [0.29, 0.717) is 22.6 Å². The number of primary amides is 1. The van der Waals surface area contributed by atoms with Crippen molar-refractivity contribution in [2.24, 2.45) is 5.73 Å². The average Bonchev–Trinajstić information content (AvgIpc) is 2.72. The van der Waals surface area contributed by atoms with Crippen LogP contribution in [0.2, 0.25) is 0 Å². The molecule has 0 bridgehead atoms. The molecule has 1 aliphatic heterocycles. The highest BCUT2D eigenvalue weighted by Crippen LogP contribution is 2.43. The van der Waals surface area contributed by atoms with Crippen LogP contribution in [0.25, 0.3) is 6.08 Å². The molecule has 0 fully saturated rings. The number of carbonyl (C=O) groups is 1. The van der Waals surface area contributed by atoms with Crippen molar-refractivity contribution in [3.8, 4) is 23.0 Å². The summed E-state index contributed by atoms with van der Waals surface area (Å²) < 4.78 is 42.3. The number of benzene rings is 2. The van der Waals surface area contributed by atoms with Gasteiger partial charge in [0.2, 0.25) is 0 Å². The van der Waals surface area contributed by atoms with Gasteiger partial charge in [0, 0.05) is 12.0 Å². The van der Waals surface area contributed by atoms with Gasteiger partial charge in [-0.05, 0) is 49.8 Å². The third-order valence-electron chi connectivity index (χ3n) is 4.99. The lowest BCUT2D eigenvalue weighted by molar-refractivity contribution is 0.104. The van der Waals surface area contributed by atoms with E-state index < -0.39 is 23.6 Å². The maximum atomic E-state index is 15.0. The highest BCUT2D eigenvalue weighted by Gasteiger charge is 2.29. The van der Waals surface area contributed by atoms with Crippen LogP contribution in [0, 0.1) is 5.82 Å². The molecule has 166 valence electrons. The highest BCUT2D eigenvalue weighted by atomic mass is 19.1. The largest absolute Gasteiger partial charge is 0.496 e. The monoisotopic (exact) mass is 431 g/mol. The fraction of sp³-hybridized carbons (Fsp3) is 0.348. The van der Waals surface area contributed by atoms with Crippen LogP contribution in [0.15, 0.2) is 30.3 Å². The SMILES string of the molecule is COc1ccc(CC(OC(N)=O)c2ccc3c(c2OC)C=CC(C)(C)O3)c(F)c1OC. The van der Waals surface area contributed by atoms with Gasteiger partial charge in [-0.2, -0.15) is 0 Å². The van der Waals surface area contributed by atoms with Crippen molar-refractivity contribution < 1.29 is 32.9 Å². The molecule has 2 N–H and O–H groups in total. The summed E-state index contributed by atoms with van der Waals surface area (Å²) in [6.07, 6.45) is 1.90. The number of carbonyl (C=O) groups excluding carboxylic acids is 1. The number of methoxy groups -OCH3 is 3. The molecule has 0 spiro atoms. The Hall–Kier alpha value is -3.42. The molecule has 7 nitrogen and oxygen atoms in total. The van der Waals surface area contributed by atoms with Crippen LogP contribution in [-0.4, -0.2) is 33.0 Å². The van der Waals surface area contributed by atoms with Gasteiger partial charge < -0.3 is 29.4 Å². The summed E-state index contributed by atoms with van der Waals surface area (Å²) in [6.45, 7) is 3.87. The van der Waals surface area contributed by atoms with Gasteiger partial charge in [-0.15, -0.1) is 0 Å². The Morgan fingerprint density at radius 3 is 2.42 bits per heavy atom. The summed E-state index contributed by atoms with van der Waals surface area (Å²) >= 11 is 0. The lowest BCUT2D eigenvalue weighted by atomic mass is 9.94. The van der Waals surface area contributed by atoms with Crippen molar-refractivity contribution in [3.05, 3.63) is 52.8 Å². The van der Waals surface area contributed by atoms with Gasteiger partial charge in [0.1, 0.15) is 23.2 Å². The Morgan fingerprint density at radius 1 is 1.10 bits per heavy atom. The van der Waals surface area contributed by atoms with E-state index >= 15 is 4.39 Å². The average molecular weight is 431 g/mol. The fourth-order valence-electron chi connectivity index (χ4n) is 3.57. The smallest absolute Gasteiger partial charge is 0.405 e. The first-order valence-corrected chi connectivity index (χ1v) is 9.65. The van der Waals surface area contributed by atoms with E-state index in [-0.39, 0.29) is 23.5 Å². The number of rotatable bonds is 7. The lowest BCUT2D eigenvalue weighted by Crippen LogP contribution is -2.28. The summed E-state index contributed by atoms with van der Waals surface area (Å²) in [7, 11) is 4.28. The molecule has 0 aromatic heterocycles. The molecule has 0 radical (unpaired) electrons. The minimum Gasteiger partial charge on any atom is -0.496 e. The van der Waals surface area contributed by atoms with E-state index in [0.717, 1.165) is 0 Å². The summed E-state index contributed by atoms with van der Waals surface area (Å²) in [4.78, 5) is 11.6. The number of amides is 1. The Bertz CT molecular complexity index is 1020. The van der Waals surface area contributed by atoms with Crippen LogP contribution in [0.1, 0.15) is 36.6 Å². The van der Waals surface area contributed by atoms with Gasteiger partial charge in [-0.25, -0.2) is 9.18 Å². The van der Waals surface area contributed by atoms with Gasteiger partial charge in [-0.1, -0.05) is 6.07 Å². The molecular formula is C23H26FNO6. The van der Waals surface area contributed by atoms with Crippen LogP contribution >= 0.6 is 0 Å². The van der Waals surface area contributed by atoms with Crippen LogP contribution in [0.4, 0.5) is 9.18 Å². The minimum absolute atomic E-state index is 0.000336. The number of halogens is 1. The van der Waals surface area contributed by atoms with Crippen LogP contribution in [-0.2, 0) is 11.2 Å². The number of ether oxygens (including phenoxy) is 5. The molecule has 0 aliphatic carbocycles. The second-order valence-electron chi connectivity index (χ2n) is 7.54. The fourth-order valence-corrected chi connectivity index (χ4v) is 3.57. The highest BCUT2D eigenvalue weighted by molar-refractivity contribution is 5.70. The van der Waals surface area contributed by atoms with Crippen molar-refractivity contribution in [1.82, 2.24) is 0 Å². The molecule has 1 amide bonds. The van der Waals surface area contributed by atoms with Crippen molar-refractivity contribution in [2.75, 3.05) is 21.3 Å². The Balaban J connectivity index is 2.06. The minimum atomic E-state index is -0.987. The molecule has 2 aromatic carbocycles. The second-order valence-corrected chi connectivity index (χ2v) is 7.54. The van der Waals surface area contributed by atoms with E-state index in [2.05, 4.69) is 0 Å². The van der Waals surface area contributed by atoms with Gasteiger partial charge >= 0.3 is 6.09 Å². The Kier molecular flexibility index (Phi) is 6.29. The van der Waals surface area contributed by atoms with Gasteiger partial charge in [0.05, 0.1) is 26.9 Å². The first-order chi connectivity index (χ1) is 14.7. The normalized spacial score (nSPS) is 14.8. The van der Waals surface area contributed by atoms with E-state index in [9.17, 15) is 4.79 Å². The Labute approximate surface area is 180 Å². The summed E-state index contributed by atoms with van der Waals surface area (Å²) in [5.74, 6) is 0.697. The molecule has 31 heavy (non-hydrogen) atoms. The molecular weight excluding hydrogens is 405 g/mol. The van der Waals surface area contributed by atoms with Gasteiger partial charge in [0.15, 0.2) is 17.3 Å².